The van der Waals surface area contributed by atoms with Crippen LogP contribution in [0.2, 0.25) is 0 Å². The topological polar surface area (TPSA) is 78.7 Å². The van der Waals surface area contributed by atoms with Gasteiger partial charge in [-0.3, -0.25) is 14.9 Å². The number of anilines is 1. The van der Waals surface area contributed by atoms with Crippen LogP contribution in [0.5, 0.6) is 0 Å². The van der Waals surface area contributed by atoms with Gasteiger partial charge in [-0.15, -0.1) is 0 Å². The normalized spacial score (nSPS) is 15.1. The zero-order valence-electron chi connectivity index (χ0n) is 14.5. The van der Waals surface area contributed by atoms with Crippen LogP contribution in [-0.2, 0) is 0 Å². The molecule has 132 valence electrons. The second-order valence-electron chi connectivity index (χ2n) is 6.36. The lowest BCUT2D eigenvalue weighted by molar-refractivity contribution is -0.384. The molecule has 0 bridgehead atoms. The number of nitrogens with one attached hydrogen (secondary N) is 1. The third-order valence-corrected chi connectivity index (χ3v) is 4.30. The van der Waals surface area contributed by atoms with Crippen LogP contribution in [0.3, 0.4) is 0 Å². The first-order valence-electron chi connectivity index (χ1n) is 8.45. The number of nitrogens with zero attached hydrogens (tertiary/aromatic N) is 3. The van der Waals surface area contributed by atoms with Crippen molar-refractivity contribution < 1.29 is 9.72 Å². The highest BCUT2D eigenvalue weighted by atomic mass is 16.6. The number of non-ortho nitro benzene ring substituents is 1. The Bertz CT molecular complexity index is 583. The number of hydrogen-bond acceptors (Lipinski definition) is 5. The third kappa shape index (κ3) is 4.92. The lowest BCUT2D eigenvalue weighted by Crippen LogP contribution is -2.33. The van der Waals surface area contributed by atoms with Gasteiger partial charge in [0.25, 0.3) is 11.6 Å². The van der Waals surface area contributed by atoms with E-state index in [9.17, 15) is 14.9 Å². The van der Waals surface area contributed by atoms with Crippen LogP contribution in [0, 0.1) is 10.1 Å². The van der Waals surface area contributed by atoms with Crippen molar-refractivity contribution in [2.75, 3.05) is 45.2 Å². The summed E-state index contributed by atoms with van der Waals surface area (Å²) < 4.78 is 0. The zero-order valence-corrected chi connectivity index (χ0v) is 14.5. The number of nitro benzene ring substituents is 1. The molecular formula is C17H26N4O3. The second-order valence-corrected chi connectivity index (χ2v) is 6.36. The Morgan fingerprint density at radius 3 is 2.62 bits per heavy atom. The Morgan fingerprint density at radius 1 is 1.29 bits per heavy atom. The van der Waals surface area contributed by atoms with E-state index in [1.165, 1.54) is 31.4 Å². The van der Waals surface area contributed by atoms with Crippen LogP contribution in [0.25, 0.3) is 0 Å². The van der Waals surface area contributed by atoms with Crippen molar-refractivity contribution in [2.45, 2.75) is 25.7 Å². The highest BCUT2D eigenvalue weighted by molar-refractivity contribution is 6.00. The summed E-state index contributed by atoms with van der Waals surface area (Å²) in [5.74, 6) is -0.263. The SMILES string of the molecule is CN(C)c1ccc([N+](=O)[O-])cc1C(=O)NCCCN1CCCCC1. The molecule has 1 fully saturated rings. The van der Waals surface area contributed by atoms with Crippen LogP contribution in [0.4, 0.5) is 11.4 Å². The maximum Gasteiger partial charge on any atom is 0.270 e. The van der Waals surface area contributed by atoms with E-state index in [-0.39, 0.29) is 11.6 Å². The van der Waals surface area contributed by atoms with Crippen molar-refractivity contribution in [3.8, 4) is 0 Å². The Labute approximate surface area is 142 Å². The standard InChI is InChI=1S/C17H26N4O3/c1-19(2)16-8-7-14(21(23)24)13-15(16)17(22)18-9-6-12-20-10-4-3-5-11-20/h7-8,13H,3-6,9-12H2,1-2H3,(H,18,22). The Balaban J connectivity index is 1.92. The van der Waals surface area contributed by atoms with E-state index in [1.807, 2.05) is 14.1 Å². The number of nitro groups is 1. The Kier molecular flexibility index (Phi) is 6.54. The van der Waals surface area contributed by atoms with Gasteiger partial charge in [0.05, 0.1) is 10.5 Å². The molecule has 1 N–H and O–H groups in total. The maximum atomic E-state index is 12.4. The molecule has 0 radical (unpaired) electrons. The number of carbonyl (C=O) groups is 1. The van der Waals surface area contributed by atoms with E-state index in [0.29, 0.717) is 17.8 Å². The van der Waals surface area contributed by atoms with Gasteiger partial charge in [-0.05, 0) is 45.0 Å². The van der Waals surface area contributed by atoms with Crippen LogP contribution in [0.15, 0.2) is 18.2 Å². The second kappa shape index (κ2) is 8.63. The molecule has 1 aliphatic rings. The third-order valence-electron chi connectivity index (χ3n) is 4.30. The molecule has 0 aromatic heterocycles. The molecule has 7 heteroatoms. The minimum Gasteiger partial charge on any atom is -0.377 e. The number of carbonyl (C=O) groups excluding carboxylic acids is 1. The van der Waals surface area contributed by atoms with Crippen LogP contribution < -0.4 is 10.2 Å². The smallest absolute Gasteiger partial charge is 0.270 e. The molecule has 1 aliphatic heterocycles. The molecule has 0 spiro atoms. The van der Waals surface area contributed by atoms with Gasteiger partial charge < -0.3 is 15.1 Å². The minimum atomic E-state index is -0.480. The molecule has 0 saturated carbocycles. The predicted molar refractivity (Wildman–Crippen MR) is 94.7 cm³/mol. The van der Waals surface area contributed by atoms with Crippen molar-refractivity contribution in [1.29, 1.82) is 0 Å². The van der Waals surface area contributed by atoms with Gasteiger partial charge in [-0.2, -0.15) is 0 Å². The van der Waals surface area contributed by atoms with E-state index >= 15 is 0 Å². The van der Waals surface area contributed by atoms with Gasteiger partial charge in [0.1, 0.15) is 0 Å². The van der Waals surface area contributed by atoms with Gasteiger partial charge in [0.2, 0.25) is 0 Å². The maximum absolute atomic E-state index is 12.4. The van der Waals surface area contributed by atoms with E-state index in [0.717, 1.165) is 26.1 Å². The van der Waals surface area contributed by atoms with Crippen molar-refractivity contribution in [3.05, 3.63) is 33.9 Å². The number of benzene rings is 1. The monoisotopic (exact) mass is 334 g/mol. The fourth-order valence-corrected chi connectivity index (χ4v) is 2.99. The molecule has 1 aromatic rings. The van der Waals surface area contributed by atoms with Gasteiger partial charge >= 0.3 is 0 Å². The average Bonchev–Trinajstić information content (AvgIpc) is 2.58. The summed E-state index contributed by atoms with van der Waals surface area (Å²) in [6.45, 7) is 3.84. The first kappa shape index (κ1) is 18.2. The number of piperidine rings is 1. The first-order valence-corrected chi connectivity index (χ1v) is 8.45. The number of amides is 1. The highest BCUT2D eigenvalue weighted by Gasteiger charge is 2.18. The molecule has 0 atom stereocenters. The van der Waals surface area contributed by atoms with Gasteiger partial charge in [0.15, 0.2) is 0 Å². The van der Waals surface area contributed by atoms with Gasteiger partial charge in [-0.25, -0.2) is 0 Å². The molecule has 1 heterocycles. The summed E-state index contributed by atoms with van der Waals surface area (Å²) in [5, 5.41) is 13.8. The van der Waals surface area contributed by atoms with Crippen molar-refractivity contribution in [2.24, 2.45) is 0 Å². The van der Waals surface area contributed by atoms with Crippen LogP contribution in [-0.4, -0.2) is 56.0 Å². The Hall–Kier alpha value is -2.15. The van der Waals surface area contributed by atoms with Crippen LogP contribution in [0.1, 0.15) is 36.0 Å². The largest absolute Gasteiger partial charge is 0.377 e. The predicted octanol–water partition coefficient (Wildman–Crippen LogP) is 2.27. The summed E-state index contributed by atoms with van der Waals surface area (Å²) in [4.78, 5) is 27.1. The lowest BCUT2D eigenvalue weighted by atomic mass is 10.1. The number of likely N-dealkylation sites (tertiary alicyclic amines) is 1. The molecule has 0 aliphatic carbocycles. The van der Waals surface area contributed by atoms with Crippen molar-refractivity contribution in [3.63, 3.8) is 0 Å². The molecule has 1 amide bonds. The summed E-state index contributed by atoms with van der Waals surface area (Å²) in [7, 11) is 3.63. The summed E-state index contributed by atoms with van der Waals surface area (Å²) in [5.41, 5.74) is 0.945. The van der Waals surface area contributed by atoms with Crippen molar-refractivity contribution >= 4 is 17.3 Å². The summed E-state index contributed by atoms with van der Waals surface area (Å²) >= 11 is 0. The first-order chi connectivity index (χ1) is 11.5. The average molecular weight is 334 g/mol. The number of rotatable bonds is 7. The molecule has 2 rings (SSSR count). The molecule has 1 aromatic carbocycles. The van der Waals surface area contributed by atoms with E-state index in [1.54, 1.807) is 11.0 Å². The van der Waals surface area contributed by atoms with Crippen LogP contribution >= 0.6 is 0 Å². The molecular weight excluding hydrogens is 308 g/mol. The lowest BCUT2D eigenvalue weighted by Gasteiger charge is -2.26. The fraction of sp³-hybridized carbons (Fsp3) is 0.588. The molecule has 7 nitrogen and oxygen atoms in total. The van der Waals surface area contributed by atoms with E-state index in [2.05, 4.69) is 10.2 Å². The molecule has 1 saturated heterocycles. The van der Waals surface area contributed by atoms with Crippen molar-refractivity contribution in [1.82, 2.24) is 10.2 Å². The Morgan fingerprint density at radius 2 is 2.00 bits per heavy atom. The van der Waals surface area contributed by atoms with Gasteiger partial charge in [-0.1, -0.05) is 6.42 Å². The molecule has 24 heavy (non-hydrogen) atoms. The summed E-state index contributed by atoms with van der Waals surface area (Å²) in [6.07, 6.45) is 4.71. The van der Waals surface area contributed by atoms with E-state index in [4.69, 9.17) is 0 Å². The fourth-order valence-electron chi connectivity index (χ4n) is 2.99. The zero-order chi connectivity index (χ0) is 17.5. The van der Waals surface area contributed by atoms with Gasteiger partial charge in [0, 0.05) is 38.5 Å². The minimum absolute atomic E-state index is 0.0703. The number of hydrogen-bond donors (Lipinski definition) is 1. The molecule has 0 unspecified atom stereocenters. The summed E-state index contributed by atoms with van der Waals surface area (Å²) in [6, 6.07) is 4.37. The van der Waals surface area contributed by atoms with E-state index < -0.39 is 4.92 Å². The highest BCUT2D eigenvalue weighted by Crippen LogP contribution is 2.24. The quantitative estimate of drug-likeness (QED) is 0.470.